The van der Waals surface area contributed by atoms with Gasteiger partial charge in [-0.25, -0.2) is 4.39 Å². The van der Waals surface area contributed by atoms with Crippen molar-refractivity contribution in [1.82, 2.24) is 0 Å². The zero-order chi connectivity index (χ0) is 19.4. The number of alkyl halides is 3. The summed E-state index contributed by atoms with van der Waals surface area (Å²) in [5.41, 5.74) is -0.415. The van der Waals surface area contributed by atoms with E-state index in [4.69, 9.17) is 0 Å². The van der Waals surface area contributed by atoms with Gasteiger partial charge in [0.15, 0.2) is 0 Å². The Labute approximate surface area is 160 Å². The van der Waals surface area contributed by atoms with E-state index in [0.29, 0.717) is 0 Å². The number of rotatable bonds is 5. The van der Waals surface area contributed by atoms with Crippen molar-refractivity contribution in [3.05, 3.63) is 35.1 Å². The molecular formula is C23H32F4. The van der Waals surface area contributed by atoms with Crippen molar-refractivity contribution in [2.24, 2.45) is 17.8 Å². The zero-order valence-electron chi connectivity index (χ0n) is 16.3. The summed E-state index contributed by atoms with van der Waals surface area (Å²) >= 11 is 0. The lowest BCUT2D eigenvalue weighted by atomic mass is 9.68. The van der Waals surface area contributed by atoms with Crippen molar-refractivity contribution in [3.8, 4) is 0 Å². The van der Waals surface area contributed by atoms with E-state index < -0.39 is 17.6 Å². The summed E-state index contributed by atoms with van der Waals surface area (Å²) in [7, 11) is 0. The van der Waals surface area contributed by atoms with Crippen LogP contribution in [-0.4, -0.2) is 0 Å². The van der Waals surface area contributed by atoms with Gasteiger partial charge in [-0.05, 0) is 79.9 Å². The van der Waals surface area contributed by atoms with Crippen molar-refractivity contribution in [2.75, 3.05) is 0 Å². The highest BCUT2D eigenvalue weighted by Crippen LogP contribution is 2.45. The van der Waals surface area contributed by atoms with Gasteiger partial charge in [-0.15, -0.1) is 0 Å². The average Bonchev–Trinajstić information content (AvgIpc) is 2.66. The summed E-state index contributed by atoms with van der Waals surface area (Å²) in [4.78, 5) is 0. The first-order chi connectivity index (χ1) is 12.9. The molecule has 1 aromatic rings. The molecule has 0 amide bonds. The SMILES string of the molecule is CCCCC1CCC(C2CCC(c3ccc(C(F)(F)F)c(F)c3)CC2)CC1. The van der Waals surface area contributed by atoms with E-state index in [1.807, 2.05) is 0 Å². The van der Waals surface area contributed by atoms with E-state index in [1.54, 1.807) is 0 Å². The van der Waals surface area contributed by atoms with Gasteiger partial charge < -0.3 is 0 Å². The number of unbranched alkanes of at least 4 members (excludes halogenated alkanes) is 1. The molecule has 3 rings (SSSR count). The maximum atomic E-state index is 13.9. The molecule has 0 heterocycles. The summed E-state index contributed by atoms with van der Waals surface area (Å²) in [5, 5.41) is 0. The predicted octanol–water partition coefficient (Wildman–Crippen LogP) is 8.11. The van der Waals surface area contributed by atoms with Crippen molar-refractivity contribution in [2.45, 2.75) is 89.6 Å². The molecule has 2 saturated carbocycles. The molecule has 27 heavy (non-hydrogen) atoms. The van der Waals surface area contributed by atoms with Crippen LogP contribution in [0.5, 0.6) is 0 Å². The normalized spacial score (nSPS) is 29.7. The molecular weight excluding hydrogens is 352 g/mol. The molecule has 0 aromatic heterocycles. The number of halogens is 4. The molecule has 0 nitrogen and oxygen atoms in total. The standard InChI is InChI=1S/C23H32F4/c1-2-3-4-16-5-7-17(8-6-16)18-9-11-19(12-10-18)20-13-14-21(22(24)15-20)23(25,26)27/h13-19H,2-12H2,1H3. The van der Waals surface area contributed by atoms with Gasteiger partial charge in [-0.3, -0.25) is 0 Å². The highest BCUT2D eigenvalue weighted by molar-refractivity contribution is 5.29. The lowest BCUT2D eigenvalue weighted by Crippen LogP contribution is -2.25. The number of hydrogen-bond acceptors (Lipinski definition) is 0. The van der Waals surface area contributed by atoms with Gasteiger partial charge in [0.25, 0.3) is 0 Å². The Balaban J connectivity index is 1.50. The lowest BCUT2D eigenvalue weighted by Gasteiger charge is -2.38. The van der Waals surface area contributed by atoms with Crippen molar-refractivity contribution in [1.29, 1.82) is 0 Å². The minimum atomic E-state index is -4.61. The van der Waals surface area contributed by atoms with Crippen LogP contribution in [-0.2, 0) is 6.18 Å². The second-order valence-corrected chi connectivity index (χ2v) is 8.77. The Morgan fingerprint density at radius 1 is 0.889 bits per heavy atom. The van der Waals surface area contributed by atoms with Crippen molar-refractivity contribution < 1.29 is 17.6 Å². The molecule has 152 valence electrons. The molecule has 0 spiro atoms. The summed E-state index contributed by atoms with van der Waals surface area (Å²) in [6, 6.07) is 3.51. The Morgan fingerprint density at radius 2 is 1.48 bits per heavy atom. The van der Waals surface area contributed by atoms with Gasteiger partial charge in [0.1, 0.15) is 5.82 Å². The summed E-state index contributed by atoms with van der Waals surface area (Å²) in [6.07, 6.45) is 9.07. The third-order valence-electron chi connectivity index (χ3n) is 7.07. The first-order valence-electron chi connectivity index (χ1n) is 10.7. The monoisotopic (exact) mass is 384 g/mol. The molecule has 0 radical (unpaired) electrons. The highest BCUT2D eigenvalue weighted by atomic mass is 19.4. The summed E-state index contributed by atoms with van der Waals surface area (Å²) in [6.45, 7) is 2.26. The smallest absolute Gasteiger partial charge is 0.206 e. The third-order valence-corrected chi connectivity index (χ3v) is 7.07. The molecule has 2 aliphatic rings. The maximum Gasteiger partial charge on any atom is 0.419 e. The van der Waals surface area contributed by atoms with Crippen LogP contribution < -0.4 is 0 Å². The second kappa shape index (κ2) is 8.96. The predicted molar refractivity (Wildman–Crippen MR) is 101 cm³/mol. The summed E-state index contributed by atoms with van der Waals surface area (Å²) < 4.78 is 52.1. The van der Waals surface area contributed by atoms with Crippen LogP contribution in [0.2, 0.25) is 0 Å². The van der Waals surface area contributed by atoms with Gasteiger partial charge in [-0.2, -0.15) is 13.2 Å². The molecule has 0 saturated heterocycles. The molecule has 0 unspecified atom stereocenters. The van der Waals surface area contributed by atoms with Gasteiger partial charge in [0.2, 0.25) is 0 Å². The van der Waals surface area contributed by atoms with E-state index in [-0.39, 0.29) is 5.92 Å². The van der Waals surface area contributed by atoms with E-state index in [0.717, 1.165) is 61.1 Å². The molecule has 0 atom stereocenters. The Bertz CT molecular complexity index is 591. The van der Waals surface area contributed by atoms with Crippen LogP contribution in [0.1, 0.15) is 94.6 Å². The average molecular weight is 385 g/mol. The molecule has 0 aliphatic heterocycles. The minimum absolute atomic E-state index is 0.207. The van der Waals surface area contributed by atoms with Gasteiger partial charge >= 0.3 is 6.18 Å². The van der Waals surface area contributed by atoms with Gasteiger partial charge in [0.05, 0.1) is 5.56 Å². The van der Waals surface area contributed by atoms with Crippen LogP contribution in [0.4, 0.5) is 17.6 Å². The topological polar surface area (TPSA) is 0 Å². The maximum absolute atomic E-state index is 13.9. The van der Waals surface area contributed by atoms with Gasteiger partial charge in [-0.1, -0.05) is 45.1 Å². The Morgan fingerprint density at radius 3 is 2.00 bits per heavy atom. The fourth-order valence-corrected chi connectivity index (χ4v) is 5.38. The molecule has 2 aliphatic carbocycles. The van der Waals surface area contributed by atoms with Crippen molar-refractivity contribution >= 4 is 0 Å². The fraction of sp³-hybridized carbons (Fsp3) is 0.739. The van der Waals surface area contributed by atoms with Crippen LogP contribution >= 0.6 is 0 Å². The molecule has 4 heteroatoms. The quantitative estimate of drug-likeness (QED) is 0.450. The van der Waals surface area contributed by atoms with E-state index in [2.05, 4.69) is 6.92 Å². The minimum Gasteiger partial charge on any atom is -0.206 e. The Hall–Kier alpha value is -1.06. The lowest BCUT2D eigenvalue weighted by molar-refractivity contribution is -0.140. The highest BCUT2D eigenvalue weighted by Gasteiger charge is 2.35. The van der Waals surface area contributed by atoms with E-state index >= 15 is 0 Å². The molecule has 0 bridgehead atoms. The zero-order valence-corrected chi connectivity index (χ0v) is 16.3. The van der Waals surface area contributed by atoms with Crippen molar-refractivity contribution in [3.63, 3.8) is 0 Å². The number of benzene rings is 1. The molecule has 0 N–H and O–H groups in total. The van der Waals surface area contributed by atoms with Crippen LogP contribution in [0.25, 0.3) is 0 Å². The van der Waals surface area contributed by atoms with E-state index in [9.17, 15) is 17.6 Å². The third kappa shape index (κ3) is 5.26. The van der Waals surface area contributed by atoms with Crippen LogP contribution in [0, 0.1) is 23.6 Å². The van der Waals surface area contributed by atoms with Crippen LogP contribution in [0.3, 0.4) is 0 Å². The number of hydrogen-bond donors (Lipinski definition) is 0. The van der Waals surface area contributed by atoms with Gasteiger partial charge in [0, 0.05) is 0 Å². The molecule has 2 fully saturated rings. The first-order valence-corrected chi connectivity index (χ1v) is 10.7. The Kier molecular flexibility index (Phi) is 6.86. The fourth-order valence-electron chi connectivity index (χ4n) is 5.38. The first kappa shape index (κ1) is 20.7. The summed E-state index contributed by atoms with van der Waals surface area (Å²) in [5.74, 6) is 1.58. The molecule has 1 aromatic carbocycles. The van der Waals surface area contributed by atoms with Crippen LogP contribution in [0.15, 0.2) is 18.2 Å². The van der Waals surface area contributed by atoms with E-state index in [1.165, 1.54) is 51.0 Å². The second-order valence-electron chi connectivity index (χ2n) is 8.77. The largest absolute Gasteiger partial charge is 0.419 e.